The molecule has 1 nitrogen and oxygen atoms in total. The first-order valence-corrected chi connectivity index (χ1v) is 8.19. The van der Waals surface area contributed by atoms with E-state index in [4.69, 9.17) is 4.74 Å². The minimum Gasteiger partial charge on any atom is -0.493 e. The van der Waals surface area contributed by atoms with Gasteiger partial charge in [0.2, 0.25) is 0 Å². The second kappa shape index (κ2) is 10.2. The van der Waals surface area contributed by atoms with Gasteiger partial charge in [-0.2, -0.15) is 12.6 Å². The Morgan fingerprint density at radius 3 is 2.21 bits per heavy atom. The highest BCUT2D eigenvalue weighted by Crippen LogP contribution is 2.20. The van der Waals surface area contributed by atoms with Gasteiger partial charge in [-0.3, -0.25) is 0 Å². The second-order valence-corrected chi connectivity index (χ2v) is 5.69. The molecule has 0 amide bonds. The van der Waals surface area contributed by atoms with E-state index in [2.05, 4.69) is 44.7 Å². The Balaban J connectivity index is 2.03. The maximum Gasteiger partial charge on any atom is 0.122 e. The number of aryl methyl sites for hydroxylation is 1. The zero-order chi connectivity index (χ0) is 13.9. The molecule has 0 aliphatic rings. The van der Waals surface area contributed by atoms with Crippen LogP contribution in [0.25, 0.3) is 0 Å². The van der Waals surface area contributed by atoms with Crippen molar-refractivity contribution in [3.8, 4) is 5.75 Å². The van der Waals surface area contributed by atoms with E-state index in [1.807, 2.05) is 0 Å². The minimum atomic E-state index is 0.848. The van der Waals surface area contributed by atoms with Crippen LogP contribution in [0.2, 0.25) is 0 Å². The summed E-state index contributed by atoms with van der Waals surface area (Å²) < 4.78 is 5.85. The maximum absolute atomic E-state index is 5.85. The fourth-order valence-corrected chi connectivity index (χ4v) is 2.38. The van der Waals surface area contributed by atoms with Crippen LogP contribution in [0, 0.1) is 13.8 Å². The Morgan fingerprint density at radius 1 is 0.895 bits per heavy atom. The third kappa shape index (κ3) is 6.91. The molecule has 108 valence electrons. The molecule has 0 spiro atoms. The van der Waals surface area contributed by atoms with Gasteiger partial charge < -0.3 is 4.74 Å². The highest BCUT2D eigenvalue weighted by atomic mass is 32.1. The van der Waals surface area contributed by atoms with Crippen molar-refractivity contribution in [2.75, 3.05) is 12.4 Å². The van der Waals surface area contributed by atoms with Crippen LogP contribution < -0.4 is 4.74 Å². The summed E-state index contributed by atoms with van der Waals surface area (Å²) in [6.07, 6.45) is 9.10. The molecule has 0 aromatic heterocycles. The minimum absolute atomic E-state index is 0.848. The lowest BCUT2D eigenvalue weighted by Crippen LogP contribution is -1.99. The van der Waals surface area contributed by atoms with Crippen molar-refractivity contribution in [3.63, 3.8) is 0 Å². The lowest BCUT2D eigenvalue weighted by Gasteiger charge is -2.10. The monoisotopic (exact) mass is 280 g/mol. The number of thiol groups is 1. The Labute approximate surface area is 124 Å². The quantitative estimate of drug-likeness (QED) is 0.449. The molecular formula is C17H28OS. The van der Waals surface area contributed by atoms with Crippen molar-refractivity contribution in [3.05, 3.63) is 29.3 Å². The largest absolute Gasteiger partial charge is 0.493 e. The third-order valence-corrected chi connectivity index (χ3v) is 3.93. The number of benzene rings is 1. The van der Waals surface area contributed by atoms with E-state index in [9.17, 15) is 0 Å². The summed E-state index contributed by atoms with van der Waals surface area (Å²) in [5.74, 6) is 2.08. The van der Waals surface area contributed by atoms with Crippen molar-refractivity contribution in [1.82, 2.24) is 0 Å². The molecule has 19 heavy (non-hydrogen) atoms. The summed E-state index contributed by atoms with van der Waals surface area (Å²) in [5.41, 5.74) is 2.58. The Bertz CT molecular complexity index is 349. The summed E-state index contributed by atoms with van der Waals surface area (Å²) in [5, 5.41) is 0. The van der Waals surface area contributed by atoms with Gasteiger partial charge in [-0.15, -0.1) is 0 Å². The van der Waals surface area contributed by atoms with Crippen LogP contribution >= 0.6 is 12.6 Å². The first-order chi connectivity index (χ1) is 9.25. The van der Waals surface area contributed by atoms with Crippen LogP contribution in [0.4, 0.5) is 0 Å². The summed E-state index contributed by atoms with van der Waals surface area (Å²) in [6.45, 7) is 5.11. The molecule has 0 fully saturated rings. The fourth-order valence-electron chi connectivity index (χ4n) is 2.16. The van der Waals surface area contributed by atoms with Gasteiger partial charge in [0.1, 0.15) is 5.75 Å². The highest BCUT2D eigenvalue weighted by molar-refractivity contribution is 7.80. The predicted octanol–water partition coefficient (Wildman–Crippen LogP) is 5.34. The van der Waals surface area contributed by atoms with Gasteiger partial charge in [-0.25, -0.2) is 0 Å². The lowest BCUT2D eigenvalue weighted by atomic mass is 10.1. The van der Waals surface area contributed by atoms with Crippen molar-refractivity contribution >= 4 is 12.6 Å². The average molecular weight is 280 g/mol. The van der Waals surface area contributed by atoms with Crippen molar-refractivity contribution < 1.29 is 4.74 Å². The molecule has 0 aliphatic heterocycles. The van der Waals surface area contributed by atoms with Gasteiger partial charge in [0.05, 0.1) is 6.61 Å². The maximum atomic E-state index is 5.85. The van der Waals surface area contributed by atoms with Gasteiger partial charge in [-0.05, 0) is 49.6 Å². The second-order valence-electron chi connectivity index (χ2n) is 5.24. The Morgan fingerprint density at radius 2 is 1.53 bits per heavy atom. The van der Waals surface area contributed by atoms with Crippen LogP contribution in [0.1, 0.15) is 56.1 Å². The van der Waals surface area contributed by atoms with Gasteiger partial charge in [0.25, 0.3) is 0 Å². The SMILES string of the molecule is Cc1cccc(OCCCCCCCCCS)c1C. The third-order valence-electron chi connectivity index (χ3n) is 3.61. The molecule has 1 rings (SSSR count). The van der Waals surface area contributed by atoms with E-state index in [-0.39, 0.29) is 0 Å². The number of rotatable bonds is 10. The molecule has 0 aliphatic carbocycles. The molecule has 1 aromatic rings. The summed E-state index contributed by atoms with van der Waals surface area (Å²) in [6, 6.07) is 6.27. The van der Waals surface area contributed by atoms with E-state index >= 15 is 0 Å². The van der Waals surface area contributed by atoms with Crippen molar-refractivity contribution in [2.24, 2.45) is 0 Å². The van der Waals surface area contributed by atoms with E-state index in [0.29, 0.717) is 0 Å². The molecule has 0 unspecified atom stereocenters. The predicted molar refractivity (Wildman–Crippen MR) is 87.6 cm³/mol. The van der Waals surface area contributed by atoms with Crippen LogP contribution in [-0.2, 0) is 0 Å². The molecule has 1 aromatic carbocycles. The highest BCUT2D eigenvalue weighted by Gasteiger charge is 2.01. The number of ether oxygens (including phenoxy) is 1. The van der Waals surface area contributed by atoms with Crippen molar-refractivity contribution in [2.45, 2.75) is 58.8 Å². The molecule has 0 saturated heterocycles. The molecule has 0 heterocycles. The van der Waals surface area contributed by atoms with Gasteiger partial charge >= 0.3 is 0 Å². The molecule has 0 atom stereocenters. The lowest BCUT2D eigenvalue weighted by molar-refractivity contribution is 0.302. The average Bonchev–Trinajstić information content (AvgIpc) is 2.41. The van der Waals surface area contributed by atoms with Crippen molar-refractivity contribution in [1.29, 1.82) is 0 Å². The number of hydrogen-bond acceptors (Lipinski definition) is 2. The molecule has 0 N–H and O–H groups in total. The van der Waals surface area contributed by atoms with Crippen LogP contribution in [0.5, 0.6) is 5.75 Å². The first kappa shape index (κ1) is 16.4. The van der Waals surface area contributed by atoms with Crippen LogP contribution in [0.3, 0.4) is 0 Å². The van der Waals surface area contributed by atoms with Gasteiger partial charge in [0, 0.05) is 0 Å². The van der Waals surface area contributed by atoms with E-state index in [1.54, 1.807) is 0 Å². The molecular weight excluding hydrogens is 252 g/mol. The topological polar surface area (TPSA) is 9.23 Å². The normalized spacial score (nSPS) is 10.7. The Kier molecular flexibility index (Phi) is 8.81. The smallest absolute Gasteiger partial charge is 0.122 e. The number of hydrogen-bond donors (Lipinski definition) is 1. The fraction of sp³-hybridized carbons (Fsp3) is 0.647. The molecule has 0 saturated carbocycles. The summed E-state index contributed by atoms with van der Waals surface area (Å²) in [7, 11) is 0. The first-order valence-electron chi connectivity index (χ1n) is 7.55. The van der Waals surface area contributed by atoms with E-state index in [0.717, 1.165) is 18.1 Å². The molecule has 2 heteroatoms. The molecule has 0 bridgehead atoms. The van der Waals surface area contributed by atoms with Gasteiger partial charge in [-0.1, -0.05) is 44.2 Å². The van der Waals surface area contributed by atoms with Crippen LogP contribution in [0.15, 0.2) is 18.2 Å². The van der Waals surface area contributed by atoms with E-state index in [1.165, 1.54) is 56.1 Å². The zero-order valence-electron chi connectivity index (χ0n) is 12.5. The number of unbranched alkanes of at least 4 members (excludes halogenated alkanes) is 6. The summed E-state index contributed by atoms with van der Waals surface area (Å²) in [4.78, 5) is 0. The molecule has 0 radical (unpaired) electrons. The van der Waals surface area contributed by atoms with Crippen LogP contribution in [-0.4, -0.2) is 12.4 Å². The standard InChI is InChI=1S/C17H28OS/c1-15-11-10-12-17(16(15)2)18-13-8-6-4-3-5-7-9-14-19/h10-12,19H,3-9,13-14H2,1-2H3. The summed E-state index contributed by atoms with van der Waals surface area (Å²) >= 11 is 4.23. The zero-order valence-corrected chi connectivity index (χ0v) is 13.3. The van der Waals surface area contributed by atoms with E-state index < -0.39 is 0 Å². The van der Waals surface area contributed by atoms with Gasteiger partial charge in [0.15, 0.2) is 0 Å². The Hall–Kier alpha value is -0.630.